The van der Waals surface area contributed by atoms with Gasteiger partial charge in [-0.05, 0) is 19.8 Å². The van der Waals surface area contributed by atoms with Crippen LogP contribution in [0, 0.1) is 0 Å². The molecule has 1 aliphatic heterocycles. The molecule has 0 bridgehead atoms. The van der Waals surface area contributed by atoms with E-state index in [4.69, 9.17) is 15.2 Å². The standard InChI is InChI=1S/C9H17NO3/c1-2-13-8(11)6-9(10)4-3-5-12-7-9/h2-7,10H2,1H3/t9-/m1/s1. The SMILES string of the molecule is CCOC(=O)C[C@]1(N)CCCOC1. The molecule has 1 saturated heterocycles. The number of carbonyl (C=O) groups excluding carboxylic acids is 1. The van der Waals surface area contributed by atoms with Gasteiger partial charge in [-0.15, -0.1) is 0 Å². The fourth-order valence-corrected chi connectivity index (χ4v) is 1.51. The lowest BCUT2D eigenvalue weighted by Crippen LogP contribution is -2.49. The van der Waals surface area contributed by atoms with Gasteiger partial charge in [-0.25, -0.2) is 0 Å². The van der Waals surface area contributed by atoms with Crippen molar-refractivity contribution >= 4 is 5.97 Å². The molecule has 1 rings (SSSR count). The van der Waals surface area contributed by atoms with Crippen molar-refractivity contribution in [3.8, 4) is 0 Å². The second-order valence-electron chi connectivity index (χ2n) is 3.50. The van der Waals surface area contributed by atoms with Crippen molar-refractivity contribution in [2.75, 3.05) is 19.8 Å². The molecule has 4 nitrogen and oxygen atoms in total. The topological polar surface area (TPSA) is 61.5 Å². The average molecular weight is 187 g/mol. The van der Waals surface area contributed by atoms with Crippen LogP contribution in [0.2, 0.25) is 0 Å². The highest BCUT2D eigenvalue weighted by Gasteiger charge is 2.31. The summed E-state index contributed by atoms with van der Waals surface area (Å²) in [5.74, 6) is -0.226. The number of rotatable bonds is 3. The molecule has 1 heterocycles. The van der Waals surface area contributed by atoms with Crippen molar-refractivity contribution in [2.45, 2.75) is 31.7 Å². The van der Waals surface area contributed by atoms with Crippen molar-refractivity contribution in [1.29, 1.82) is 0 Å². The number of carbonyl (C=O) groups is 1. The normalized spacial score (nSPS) is 28.5. The highest BCUT2D eigenvalue weighted by molar-refractivity contribution is 5.70. The first-order valence-electron chi connectivity index (χ1n) is 4.68. The smallest absolute Gasteiger partial charge is 0.307 e. The van der Waals surface area contributed by atoms with E-state index < -0.39 is 5.54 Å². The van der Waals surface area contributed by atoms with E-state index in [2.05, 4.69) is 0 Å². The molecule has 0 aromatic heterocycles. The minimum atomic E-state index is -0.496. The Kier molecular flexibility index (Phi) is 3.69. The van der Waals surface area contributed by atoms with Gasteiger partial charge in [-0.3, -0.25) is 4.79 Å². The van der Waals surface area contributed by atoms with E-state index in [-0.39, 0.29) is 12.4 Å². The number of hydrogen-bond acceptors (Lipinski definition) is 4. The van der Waals surface area contributed by atoms with Crippen LogP contribution in [0.3, 0.4) is 0 Å². The van der Waals surface area contributed by atoms with Gasteiger partial charge in [0.2, 0.25) is 0 Å². The maximum absolute atomic E-state index is 11.2. The summed E-state index contributed by atoms with van der Waals surface area (Å²) < 4.78 is 10.1. The third-order valence-corrected chi connectivity index (χ3v) is 2.15. The zero-order chi connectivity index (χ0) is 9.73. The van der Waals surface area contributed by atoms with Crippen LogP contribution in [0.1, 0.15) is 26.2 Å². The van der Waals surface area contributed by atoms with E-state index in [0.717, 1.165) is 19.4 Å². The van der Waals surface area contributed by atoms with Crippen LogP contribution in [-0.4, -0.2) is 31.3 Å². The van der Waals surface area contributed by atoms with Gasteiger partial charge < -0.3 is 15.2 Å². The third-order valence-electron chi connectivity index (χ3n) is 2.15. The van der Waals surface area contributed by atoms with Gasteiger partial charge in [0.05, 0.1) is 19.6 Å². The molecule has 0 amide bonds. The lowest BCUT2D eigenvalue weighted by molar-refractivity contribution is -0.145. The molecule has 1 atom stereocenters. The Hall–Kier alpha value is -0.610. The molecule has 0 aromatic rings. The Bertz CT molecular complexity index is 176. The molecule has 13 heavy (non-hydrogen) atoms. The van der Waals surface area contributed by atoms with E-state index in [1.165, 1.54) is 0 Å². The Morgan fingerprint density at radius 2 is 2.46 bits per heavy atom. The zero-order valence-corrected chi connectivity index (χ0v) is 8.04. The van der Waals surface area contributed by atoms with Gasteiger partial charge in [0.15, 0.2) is 0 Å². The quantitative estimate of drug-likeness (QED) is 0.651. The van der Waals surface area contributed by atoms with E-state index in [0.29, 0.717) is 13.2 Å². The molecular formula is C9H17NO3. The van der Waals surface area contributed by atoms with Crippen molar-refractivity contribution in [3.05, 3.63) is 0 Å². The maximum Gasteiger partial charge on any atom is 0.307 e. The summed E-state index contributed by atoms with van der Waals surface area (Å²) in [4.78, 5) is 11.2. The van der Waals surface area contributed by atoms with Crippen molar-refractivity contribution < 1.29 is 14.3 Å². The van der Waals surface area contributed by atoms with Crippen molar-refractivity contribution in [2.24, 2.45) is 5.73 Å². The minimum absolute atomic E-state index is 0.226. The molecule has 4 heteroatoms. The molecule has 0 spiro atoms. The number of hydrogen-bond donors (Lipinski definition) is 1. The van der Waals surface area contributed by atoms with E-state index in [1.54, 1.807) is 6.92 Å². The zero-order valence-electron chi connectivity index (χ0n) is 8.04. The van der Waals surface area contributed by atoms with Crippen LogP contribution in [0.15, 0.2) is 0 Å². The lowest BCUT2D eigenvalue weighted by Gasteiger charge is -2.32. The van der Waals surface area contributed by atoms with Gasteiger partial charge in [0, 0.05) is 12.1 Å². The van der Waals surface area contributed by atoms with Crippen LogP contribution < -0.4 is 5.73 Å². The number of esters is 1. The van der Waals surface area contributed by atoms with Gasteiger partial charge >= 0.3 is 5.97 Å². The molecular weight excluding hydrogens is 170 g/mol. The molecule has 2 N–H and O–H groups in total. The summed E-state index contributed by atoms with van der Waals surface area (Å²) >= 11 is 0. The first kappa shape index (κ1) is 10.5. The molecule has 0 aromatic carbocycles. The minimum Gasteiger partial charge on any atom is -0.466 e. The van der Waals surface area contributed by atoms with Crippen molar-refractivity contribution in [1.82, 2.24) is 0 Å². The van der Waals surface area contributed by atoms with Gasteiger partial charge in [0.25, 0.3) is 0 Å². The summed E-state index contributed by atoms with van der Waals surface area (Å²) in [6, 6.07) is 0. The average Bonchev–Trinajstić information content (AvgIpc) is 2.04. The fourth-order valence-electron chi connectivity index (χ4n) is 1.51. The Balaban J connectivity index is 2.36. The van der Waals surface area contributed by atoms with E-state index in [1.807, 2.05) is 0 Å². The largest absolute Gasteiger partial charge is 0.466 e. The second-order valence-corrected chi connectivity index (χ2v) is 3.50. The molecule has 76 valence electrons. The summed E-state index contributed by atoms with van der Waals surface area (Å²) in [5, 5.41) is 0. The molecule has 0 unspecified atom stereocenters. The summed E-state index contributed by atoms with van der Waals surface area (Å²) in [6.45, 7) is 3.42. The highest BCUT2D eigenvalue weighted by atomic mass is 16.5. The van der Waals surface area contributed by atoms with Crippen LogP contribution >= 0.6 is 0 Å². The monoisotopic (exact) mass is 187 g/mol. The number of ether oxygens (including phenoxy) is 2. The lowest BCUT2D eigenvalue weighted by atomic mass is 9.90. The van der Waals surface area contributed by atoms with Gasteiger partial charge in [-0.2, -0.15) is 0 Å². The first-order chi connectivity index (χ1) is 6.16. The van der Waals surface area contributed by atoms with Crippen molar-refractivity contribution in [3.63, 3.8) is 0 Å². The van der Waals surface area contributed by atoms with Crippen LogP contribution in [-0.2, 0) is 14.3 Å². The van der Waals surface area contributed by atoms with Gasteiger partial charge in [-0.1, -0.05) is 0 Å². The molecule has 0 radical (unpaired) electrons. The second kappa shape index (κ2) is 4.58. The number of nitrogens with two attached hydrogens (primary N) is 1. The highest BCUT2D eigenvalue weighted by Crippen LogP contribution is 2.20. The Labute approximate surface area is 78.4 Å². The predicted molar refractivity (Wildman–Crippen MR) is 48.2 cm³/mol. The van der Waals surface area contributed by atoms with Crippen LogP contribution in [0.4, 0.5) is 0 Å². The van der Waals surface area contributed by atoms with E-state index >= 15 is 0 Å². The summed E-state index contributed by atoms with van der Waals surface area (Å²) in [7, 11) is 0. The van der Waals surface area contributed by atoms with Crippen LogP contribution in [0.25, 0.3) is 0 Å². The fraction of sp³-hybridized carbons (Fsp3) is 0.889. The Morgan fingerprint density at radius 3 is 3.00 bits per heavy atom. The molecule has 0 saturated carbocycles. The summed E-state index contributed by atoms with van der Waals surface area (Å²) in [6.07, 6.45) is 2.03. The molecule has 0 aliphatic carbocycles. The Morgan fingerprint density at radius 1 is 1.69 bits per heavy atom. The van der Waals surface area contributed by atoms with E-state index in [9.17, 15) is 4.79 Å². The predicted octanol–water partition coefficient (Wildman–Crippen LogP) is 0.448. The maximum atomic E-state index is 11.2. The first-order valence-corrected chi connectivity index (χ1v) is 4.68. The van der Waals surface area contributed by atoms with Gasteiger partial charge in [0.1, 0.15) is 0 Å². The van der Waals surface area contributed by atoms with Crippen LogP contribution in [0.5, 0.6) is 0 Å². The molecule has 1 aliphatic rings. The molecule has 1 fully saturated rings. The third kappa shape index (κ3) is 3.32. The summed E-state index contributed by atoms with van der Waals surface area (Å²) in [5.41, 5.74) is 5.47.